The summed E-state index contributed by atoms with van der Waals surface area (Å²) in [6, 6.07) is 8.07. The van der Waals surface area contributed by atoms with Crippen molar-refractivity contribution in [3.8, 4) is 11.5 Å². The minimum atomic E-state index is 0.155. The minimum absolute atomic E-state index is 0.155. The van der Waals surface area contributed by atoms with Crippen molar-refractivity contribution in [2.24, 2.45) is 4.99 Å². The van der Waals surface area contributed by atoms with Gasteiger partial charge in [0, 0.05) is 57.8 Å². The number of benzene rings is 1. The first-order valence-electron chi connectivity index (χ1n) is 11.0. The normalized spacial score (nSPS) is 17.5. The molecule has 1 aromatic rings. The number of nitrogens with zero attached hydrogens (tertiary/aromatic N) is 3. The van der Waals surface area contributed by atoms with Crippen LogP contribution in [0.2, 0.25) is 0 Å². The Hall–Kier alpha value is -2.48. The van der Waals surface area contributed by atoms with E-state index in [0.717, 1.165) is 69.4 Å². The van der Waals surface area contributed by atoms with E-state index in [-0.39, 0.29) is 5.91 Å². The Bertz CT molecular complexity index is 700. The SMILES string of the molecule is CCNC(=NCCCOc1cccc(OC)c1)N1CCN(CC(=O)NC2CC2)CC1. The highest BCUT2D eigenvalue weighted by Gasteiger charge is 2.25. The van der Waals surface area contributed by atoms with Gasteiger partial charge in [-0.1, -0.05) is 6.07 Å². The molecule has 1 aliphatic carbocycles. The predicted octanol–water partition coefficient (Wildman–Crippen LogP) is 1.33. The fraction of sp³-hybridized carbons (Fsp3) is 0.636. The molecular weight excluding hydrogens is 382 g/mol. The molecule has 166 valence electrons. The molecule has 0 radical (unpaired) electrons. The molecule has 2 N–H and O–H groups in total. The zero-order chi connectivity index (χ0) is 21.2. The Morgan fingerprint density at radius 3 is 2.67 bits per heavy atom. The molecule has 2 fully saturated rings. The Balaban J connectivity index is 1.37. The number of carbonyl (C=O) groups excluding carboxylic acids is 1. The summed E-state index contributed by atoms with van der Waals surface area (Å²) in [6.45, 7) is 8.24. The number of aliphatic imine (C=N–C) groups is 1. The van der Waals surface area contributed by atoms with E-state index in [2.05, 4.69) is 27.4 Å². The number of methoxy groups -OCH3 is 1. The topological polar surface area (TPSA) is 78.4 Å². The molecule has 1 aromatic carbocycles. The van der Waals surface area contributed by atoms with Crippen molar-refractivity contribution >= 4 is 11.9 Å². The molecule has 0 atom stereocenters. The first-order chi connectivity index (χ1) is 14.7. The average Bonchev–Trinajstić information content (AvgIpc) is 3.57. The van der Waals surface area contributed by atoms with E-state index in [9.17, 15) is 4.79 Å². The summed E-state index contributed by atoms with van der Waals surface area (Å²) in [5.74, 6) is 2.71. The van der Waals surface area contributed by atoms with Crippen LogP contribution in [0.1, 0.15) is 26.2 Å². The fourth-order valence-electron chi connectivity index (χ4n) is 3.38. The summed E-state index contributed by atoms with van der Waals surface area (Å²) in [6.07, 6.45) is 3.10. The zero-order valence-electron chi connectivity index (χ0n) is 18.2. The van der Waals surface area contributed by atoms with E-state index < -0.39 is 0 Å². The third-order valence-corrected chi connectivity index (χ3v) is 5.19. The van der Waals surface area contributed by atoms with Gasteiger partial charge in [-0.25, -0.2) is 0 Å². The van der Waals surface area contributed by atoms with Gasteiger partial charge in [0.15, 0.2) is 5.96 Å². The number of guanidine groups is 1. The summed E-state index contributed by atoms with van der Waals surface area (Å²) in [5.41, 5.74) is 0. The zero-order valence-corrected chi connectivity index (χ0v) is 18.2. The van der Waals surface area contributed by atoms with Crippen molar-refractivity contribution in [2.75, 3.05) is 59.5 Å². The Morgan fingerprint density at radius 1 is 1.20 bits per heavy atom. The number of hydrogen-bond acceptors (Lipinski definition) is 5. The molecule has 1 saturated carbocycles. The van der Waals surface area contributed by atoms with Crippen LogP contribution in [0, 0.1) is 0 Å². The summed E-state index contributed by atoms with van der Waals surface area (Å²) in [5, 5.41) is 6.45. The van der Waals surface area contributed by atoms with Crippen molar-refractivity contribution in [1.29, 1.82) is 0 Å². The summed E-state index contributed by atoms with van der Waals surface area (Å²) < 4.78 is 11.0. The monoisotopic (exact) mass is 417 g/mol. The number of nitrogens with one attached hydrogen (secondary N) is 2. The van der Waals surface area contributed by atoms with E-state index in [1.54, 1.807) is 7.11 Å². The van der Waals surface area contributed by atoms with Gasteiger partial charge in [-0.2, -0.15) is 0 Å². The molecule has 0 unspecified atom stereocenters. The second-order valence-electron chi connectivity index (χ2n) is 7.72. The quantitative estimate of drug-likeness (QED) is 0.340. The Kier molecular flexibility index (Phi) is 8.62. The standard InChI is InChI=1S/C22H35N5O3/c1-3-23-22(24-10-5-15-30-20-7-4-6-19(16-20)29-2)27-13-11-26(12-14-27)17-21(28)25-18-8-9-18/h4,6-7,16,18H,3,5,8-15,17H2,1-2H3,(H,23,24)(H,25,28). The molecule has 1 heterocycles. The maximum Gasteiger partial charge on any atom is 0.234 e. The molecule has 0 spiro atoms. The van der Waals surface area contributed by atoms with Gasteiger partial charge < -0.3 is 25.0 Å². The largest absolute Gasteiger partial charge is 0.497 e. The summed E-state index contributed by atoms with van der Waals surface area (Å²) >= 11 is 0. The first-order valence-corrected chi connectivity index (χ1v) is 11.0. The molecule has 0 bridgehead atoms. The number of rotatable bonds is 10. The van der Waals surface area contributed by atoms with Crippen LogP contribution in [0.5, 0.6) is 11.5 Å². The second-order valence-corrected chi connectivity index (χ2v) is 7.72. The smallest absolute Gasteiger partial charge is 0.234 e. The number of amides is 1. The van der Waals surface area contributed by atoms with Gasteiger partial charge in [-0.3, -0.25) is 14.7 Å². The lowest BCUT2D eigenvalue weighted by Crippen LogP contribution is -2.54. The van der Waals surface area contributed by atoms with E-state index in [1.165, 1.54) is 0 Å². The van der Waals surface area contributed by atoms with E-state index in [0.29, 0.717) is 25.7 Å². The van der Waals surface area contributed by atoms with E-state index in [4.69, 9.17) is 14.5 Å². The molecule has 3 rings (SSSR count). The van der Waals surface area contributed by atoms with Crippen LogP contribution in [-0.4, -0.2) is 87.2 Å². The number of ether oxygens (including phenoxy) is 2. The molecule has 2 aliphatic rings. The summed E-state index contributed by atoms with van der Waals surface area (Å²) in [4.78, 5) is 21.3. The highest BCUT2D eigenvalue weighted by Crippen LogP contribution is 2.19. The molecule has 30 heavy (non-hydrogen) atoms. The maximum absolute atomic E-state index is 12.0. The third-order valence-electron chi connectivity index (χ3n) is 5.19. The van der Waals surface area contributed by atoms with E-state index >= 15 is 0 Å². The Morgan fingerprint density at radius 2 is 1.97 bits per heavy atom. The maximum atomic E-state index is 12.0. The van der Waals surface area contributed by atoms with Crippen LogP contribution in [0.25, 0.3) is 0 Å². The van der Waals surface area contributed by atoms with Crippen molar-refractivity contribution in [3.63, 3.8) is 0 Å². The van der Waals surface area contributed by atoms with Crippen LogP contribution >= 0.6 is 0 Å². The minimum Gasteiger partial charge on any atom is -0.497 e. The number of hydrogen-bond donors (Lipinski definition) is 2. The van der Waals surface area contributed by atoms with Crippen molar-refractivity contribution < 1.29 is 14.3 Å². The van der Waals surface area contributed by atoms with Crippen LogP contribution in [-0.2, 0) is 4.79 Å². The lowest BCUT2D eigenvalue weighted by molar-refractivity contribution is -0.122. The van der Waals surface area contributed by atoms with Crippen LogP contribution in [0.15, 0.2) is 29.3 Å². The molecule has 0 aromatic heterocycles. The lowest BCUT2D eigenvalue weighted by Gasteiger charge is -2.36. The molecular formula is C22H35N5O3. The Labute approximate surface area is 179 Å². The van der Waals surface area contributed by atoms with Crippen LogP contribution in [0.3, 0.4) is 0 Å². The predicted molar refractivity (Wildman–Crippen MR) is 118 cm³/mol. The first kappa shape index (κ1) is 22.2. The molecule has 8 nitrogen and oxygen atoms in total. The van der Waals surface area contributed by atoms with Gasteiger partial charge >= 0.3 is 0 Å². The highest BCUT2D eigenvalue weighted by atomic mass is 16.5. The molecule has 1 amide bonds. The number of carbonyl (C=O) groups is 1. The van der Waals surface area contributed by atoms with Crippen LogP contribution < -0.4 is 20.1 Å². The van der Waals surface area contributed by atoms with Crippen molar-refractivity contribution in [1.82, 2.24) is 20.4 Å². The molecule has 1 aliphatic heterocycles. The van der Waals surface area contributed by atoms with Gasteiger partial charge in [-0.05, 0) is 31.9 Å². The van der Waals surface area contributed by atoms with Crippen molar-refractivity contribution in [3.05, 3.63) is 24.3 Å². The highest BCUT2D eigenvalue weighted by molar-refractivity contribution is 5.80. The van der Waals surface area contributed by atoms with Crippen molar-refractivity contribution in [2.45, 2.75) is 32.2 Å². The van der Waals surface area contributed by atoms with Gasteiger partial charge in [0.2, 0.25) is 5.91 Å². The second kappa shape index (κ2) is 11.6. The molecule has 8 heteroatoms. The third kappa shape index (κ3) is 7.40. The van der Waals surface area contributed by atoms with Gasteiger partial charge in [-0.15, -0.1) is 0 Å². The average molecular weight is 418 g/mol. The van der Waals surface area contributed by atoms with Crippen LogP contribution in [0.4, 0.5) is 0 Å². The number of piperazine rings is 1. The lowest BCUT2D eigenvalue weighted by atomic mass is 10.3. The van der Waals surface area contributed by atoms with Gasteiger partial charge in [0.1, 0.15) is 11.5 Å². The van der Waals surface area contributed by atoms with Gasteiger partial charge in [0.25, 0.3) is 0 Å². The summed E-state index contributed by atoms with van der Waals surface area (Å²) in [7, 11) is 1.65. The van der Waals surface area contributed by atoms with Gasteiger partial charge in [0.05, 0.1) is 20.3 Å². The fourth-order valence-corrected chi connectivity index (χ4v) is 3.38. The molecule has 1 saturated heterocycles. The van der Waals surface area contributed by atoms with E-state index in [1.807, 2.05) is 24.3 Å².